The summed E-state index contributed by atoms with van der Waals surface area (Å²) in [4.78, 5) is 12.2. The van der Waals surface area contributed by atoms with Crippen molar-refractivity contribution < 1.29 is 18.0 Å². The van der Waals surface area contributed by atoms with Gasteiger partial charge in [0.1, 0.15) is 0 Å². The van der Waals surface area contributed by atoms with Crippen molar-refractivity contribution in [2.75, 3.05) is 26.7 Å². The summed E-state index contributed by atoms with van der Waals surface area (Å²) in [5.74, 6) is -0.529. The molecule has 0 aromatic carbocycles. The molecule has 102 valence electrons. The first-order valence-electron chi connectivity index (χ1n) is 5.54. The summed E-state index contributed by atoms with van der Waals surface area (Å²) < 4.78 is 36.1. The van der Waals surface area contributed by atoms with Gasteiger partial charge in [-0.15, -0.1) is 0 Å². The summed E-state index contributed by atoms with van der Waals surface area (Å²) in [6.45, 7) is 1.74. The van der Waals surface area contributed by atoms with E-state index >= 15 is 0 Å². The van der Waals surface area contributed by atoms with Gasteiger partial charge < -0.3 is 11.1 Å². The molecule has 0 aromatic heterocycles. The van der Waals surface area contributed by atoms with E-state index in [9.17, 15) is 18.0 Å². The van der Waals surface area contributed by atoms with Crippen LogP contribution in [0.15, 0.2) is 0 Å². The average molecular weight is 255 g/mol. The maximum absolute atomic E-state index is 12.0. The van der Waals surface area contributed by atoms with Gasteiger partial charge in [-0.05, 0) is 26.4 Å². The summed E-state index contributed by atoms with van der Waals surface area (Å²) in [5.41, 5.74) is 5.15. The molecular weight excluding hydrogens is 235 g/mol. The molecule has 1 amide bonds. The number of nitrogens with one attached hydrogen (secondary N) is 1. The number of hydrogen-bond acceptors (Lipinski definition) is 3. The predicted octanol–water partition coefficient (Wildman–Crippen LogP) is 0.724. The molecule has 0 spiro atoms. The number of rotatable bonds is 8. The van der Waals surface area contributed by atoms with E-state index in [0.717, 1.165) is 11.3 Å². The largest absolute Gasteiger partial charge is 0.401 e. The minimum Gasteiger partial charge on any atom is -0.368 e. The lowest BCUT2D eigenvalue weighted by atomic mass is 10.2. The van der Waals surface area contributed by atoms with Gasteiger partial charge in [-0.3, -0.25) is 9.69 Å². The fourth-order valence-electron chi connectivity index (χ4n) is 1.40. The third kappa shape index (κ3) is 8.93. The Morgan fingerprint density at radius 2 is 2.06 bits per heavy atom. The first-order chi connectivity index (χ1) is 7.76. The highest BCUT2D eigenvalue weighted by Crippen LogP contribution is 2.15. The third-order valence-corrected chi connectivity index (χ3v) is 2.23. The standard InChI is InChI=1S/C10H20F3N3O/c1-3-5-15-8(9(14)17)4-6-16(2)7-10(11,12)13/h8,15H,3-7H2,1-2H3,(H2,14,17). The lowest BCUT2D eigenvalue weighted by Gasteiger charge is -2.21. The average Bonchev–Trinajstić information content (AvgIpc) is 2.14. The van der Waals surface area contributed by atoms with E-state index in [4.69, 9.17) is 5.73 Å². The van der Waals surface area contributed by atoms with Crippen LogP contribution in [0.1, 0.15) is 19.8 Å². The lowest BCUT2D eigenvalue weighted by molar-refractivity contribution is -0.143. The van der Waals surface area contributed by atoms with Crippen LogP contribution in [-0.2, 0) is 4.79 Å². The highest BCUT2D eigenvalue weighted by Gasteiger charge is 2.29. The Balaban J connectivity index is 3.99. The number of carbonyl (C=O) groups excluding carboxylic acids is 1. The molecule has 0 aliphatic rings. The first kappa shape index (κ1) is 16.2. The van der Waals surface area contributed by atoms with Crippen LogP contribution in [0.4, 0.5) is 13.2 Å². The maximum atomic E-state index is 12.0. The Morgan fingerprint density at radius 3 is 2.47 bits per heavy atom. The monoisotopic (exact) mass is 255 g/mol. The fourth-order valence-corrected chi connectivity index (χ4v) is 1.40. The zero-order valence-electron chi connectivity index (χ0n) is 10.2. The zero-order valence-corrected chi connectivity index (χ0v) is 10.2. The summed E-state index contributed by atoms with van der Waals surface area (Å²) in [6.07, 6.45) is -3.10. The predicted molar refractivity (Wildman–Crippen MR) is 59.4 cm³/mol. The van der Waals surface area contributed by atoms with Crippen molar-refractivity contribution >= 4 is 5.91 Å². The van der Waals surface area contributed by atoms with Crippen LogP contribution < -0.4 is 11.1 Å². The van der Waals surface area contributed by atoms with E-state index in [1.165, 1.54) is 7.05 Å². The maximum Gasteiger partial charge on any atom is 0.401 e. The molecule has 17 heavy (non-hydrogen) atoms. The smallest absolute Gasteiger partial charge is 0.368 e. The quantitative estimate of drug-likeness (QED) is 0.672. The Morgan fingerprint density at radius 1 is 1.47 bits per heavy atom. The van der Waals surface area contributed by atoms with Crippen molar-refractivity contribution in [1.29, 1.82) is 0 Å². The Labute approximate surface area is 99.3 Å². The summed E-state index contributed by atoms with van der Waals surface area (Å²) in [7, 11) is 1.37. The van der Waals surface area contributed by atoms with Crippen LogP contribution in [-0.4, -0.2) is 49.7 Å². The summed E-state index contributed by atoms with van der Waals surface area (Å²) in [5, 5.41) is 2.90. The van der Waals surface area contributed by atoms with Crippen LogP contribution in [0, 0.1) is 0 Å². The lowest BCUT2D eigenvalue weighted by Crippen LogP contribution is -2.44. The van der Waals surface area contributed by atoms with Crippen molar-refractivity contribution in [2.24, 2.45) is 5.73 Å². The molecule has 1 unspecified atom stereocenters. The van der Waals surface area contributed by atoms with Gasteiger partial charge >= 0.3 is 6.18 Å². The van der Waals surface area contributed by atoms with Gasteiger partial charge in [-0.2, -0.15) is 13.2 Å². The van der Waals surface area contributed by atoms with Crippen molar-refractivity contribution in [3.05, 3.63) is 0 Å². The molecule has 0 radical (unpaired) electrons. The van der Waals surface area contributed by atoms with Crippen LogP contribution in [0.3, 0.4) is 0 Å². The summed E-state index contributed by atoms with van der Waals surface area (Å²) >= 11 is 0. The third-order valence-electron chi connectivity index (χ3n) is 2.23. The van der Waals surface area contributed by atoms with Crippen LogP contribution in [0.5, 0.6) is 0 Å². The second-order valence-corrected chi connectivity index (χ2v) is 4.05. The highest BCUT2D eigenvalue weighted by atomic mass is 19.4. The van der Waals surface area contributed by atoms with Gasteiger partial charge in [-0.25, -0.2) is 0 Å². The van der Waals surface area contributed by atoms with Gasteiger partial charge in [0.2, 0.25) is 5.91 Å². The molecule has 0 heterocycles. The molecule has 4 nitrogen and oxygen atoms in total. The van der Waals surface area contributed by atoms with Crippen LogP contribution in [0.25, 0.3) is 0 Å². The number of nitrogens with two attached hydrogens (primary N) is 1. The molecule has 0 bridgehead atoms. The summed E-state index contributed by atoms with van der Waals surface area (Å²) in [6, 6.07) is -0.564. The van der Waals surface area contributed by atoms with Crippen molar-refractivity contribution in [3.63, 3.8) is 0 Å². The molecule has 3 N–H and O–H groups in total. The SMILES string of the molecule is CCCNC(CCN(C)CC(F)(F)F)C(N)=O. The molecule has 0 aromatic rings. The van der Waals surface area contributed by atoms with E-state index in [2.05, 4.69) is 5.32 Å². The molecule has 0 aliphatic carbocycles. The van der Waals surface area contributed by atoms with Gasteiger partial charge in [0.05, 0.1) is 12.6 Å². The molecule has 7 heteroatoms. The number of alkyl halides is 3. The topological polar surface area (TPSA) is 58.4 Å². The van der Waals surface area contributed by atoms with Gasteiger partial charge in [0.25, 0.3) is 0 Å². The fraction of sp³-hybridized carbons (Fsp3) is 0.900. The van der Waals surface area contributed by atoms with Gasteiger partial charge in [0.15, 0.2) is 0 Å². The second-order valence-electron chi connectivity index (χ2n) is 4.05. The molecule has 0 aliphatic heterocycles. The number of carbonyl (C=O) groups is 1. The molecule has 1 atom stereocenters. The Hall–Kier alpha value is -0.820. The Bertz CT molecular complexity index is 233. The number of hydrogen-bond donors (Lipinski definition) is 2. The number of amides is 1. The zero-order chi connectivity index (χ0) is 13.5. The van der Waals surface area contributed by atoms with E-state index in [-0.39, 0.29) is 13.0 Å². The van der Waals surface area contributed by atoms with Crippen molar-refractivity contribution in [1.82, 2.24) is 10.2 Å². The van der Waals surface area contributed by atoms with E-state index in [0.29, 0.717) is 6.54 Å². The minimum atomic E-state index is -4.21. The number of halogens is 3. The second kappa shape index (κ2) is 7.50. The van der Waals surface area contributed by atoms with Gasteiger partial charge in [-0.1, -0.05) is 6.92 Å². The minimum absolute atomic E-state index is 0.170. The van der Waals surface area contributed by atoms with Gasteiger partial charge in [0, 0.05) is 6.54 Å². The van der Waals surface area contributed by atoms with Crippen LogP contribution in [0.2, 0.25) is 0 Å². The van der Waals surface area contributed by atoms with Crippen molar-refractivity contribution in [2.45, 2.75) is 32.0 Å². The molecular formula is C10H20F3N3O. The molecule has 0 rings (SSSR count). The highest BCUT2D eigenvalue weighted by molar-refractivity contribution is 5.79. The number of nitrogens with zero attached hydrogens (tertiary/aromatic N) is 1. The molecule has 0 saturated heterocycles. The van der Waals surface area contributed by atoms with E-state index < -0.39 is 24.7 Å². The first-order valence-corrected chi connectivity index (χ1v) is 5.54. The van der Waals surface area contributed by atoms with Crippen molar-refractivity contribution in [3.8, 4) is 0 Å². The number of primary amides is 1. The molecule has 0 fully saturated rings. The van der Waals surface area contributed by atoms with E-state index in [1.54, 1.807) is 0 Å². The normalized spacial score (nSPS) is 14.0. The molecule has 0 saturated carbocycles. The Kier molecular flexibility index (Phi) is 7.13. The van der Waals surface area contributed by atoms with Crippen LogP contribution >= 0.6 is 0 Å². The van der Waals surface area contributed by atoms with E-state index in [1.807, 2.05) is 6.92 Å².